The predicted octanol–water partition coefficient (Wildman–Crippen LogP) is 2.84. The van der Waals surface area contributed by atoms with Crippen molar-refractivity contribution < 1.29 is 24.2 Å². The van der Waals surface area contributed by atoms with Crippen LogP contribution in [0.15, 0.2) is 18.2 Å². The molecule has 0 radical (unpaired) electrons. The van der Waals surface area contributed by atoms with Crippen LogP contribution < -0.4 is 9.47 Å². The van der Waals surface area contributed by atoms with Gasteiger partial charge in [0.25, 0.3) is 0 Å². The molecule has 0 spiro atoms. The van der Waals surface area contributed by atoms with Crippen LogP contribution in [0.3, 0.4) is 0 Å². The number of carboxylic acid groups (broad SMARTS) is 1. The first kappa shape index (κ1) is 17.6. The quantitative estimate of drug-likeness (QED) is 0.588. The van der Waals surface area contributed by atoms with Gasteiger partial charge in [0.15, 0.2) is 0 Å². The zero-order chi connectivity index (χ0) is 17.1. The zero-order valence-corrected chi connectivity index (χ0v) is 15.3. The van der Waals surface area contributed by atoms with Crippen molar-refractivity contribution in [3.8, 4) is 11.5 Å². The molecule has 0 aliphatic carbocycles. The summed E-state index contributed by atoms with van der Waals surface area (Å²) in [4.78, 5) is 23.7. The zero-order valence-electron chi connectivity index (χ0n) is 13.6. The Hall–Kier alpha value is -1.78. The molecule has 1 aromatic carbocycles. The van der Waals surface area contributed by atoms with Gasteiger partial charge in [0.1, 0.15) is 0 Å². The van der Waals surface area contributed by atoms with Crippen LogP contribution in [0.1, 0.15) is 29.5 Å². The molecule has 1 aromatic heterocycles. The molecule has 1 atom stereocenters. The van der Waals surface area contributed by atoms with E-state index >= 15 is 0 Å². The van der Waals surface area contributed by atoms with Gasteiger partial charge in [0.05, 0.1) is 0 Å². The van der Waals surface area contributed by atoms with E-state index in [2.05, 4.69) is 0 Å². The second-order valence-electron chi connectivity index (χ2n) is 5.67. The van der Waals surface area contributed by atoms with E-state index in [1.54, 1.807) is 14.2 Å². The summed E-state index contributed by atoms with van der Waals surface area (Å²) in [6, 6.07) is 5.59. The molecule has 1 N–H and O–H groups in total. The number of carbonyl (C=O) groups is 2. The van der Waals surface area contributed by atoms with Crippen molar-refractivity contribution in [2.75, 3.05) is 14.2 Å². The van der Waals surface area contributed by atoms with Gasteiger partial charge in [-0.25, -0.2) is 0 Å². The summed E-state index contributed by atoms with van der Waals surface area (Å²) in [5.41, 5.74) is 0. The van der Waals surface area contributed by atoms with Gasteiger partial charge < -0.3 is 0 Å². The number of aliphatic carboxylic acids is 1. The molecule has 6 heteroatoms. The van der Waals surface area contributed by atoms with Crippen molar-refractivity contribution >= 4 is 35.9 Å². The van der Waals surface area contributed by atoms with Crippen molar-refractivity contribution in [2.24, 2.45) is 11.8 Å². The number of methoxy groups -OCH3 is 2. The summed E-state index contributed by atoms with van der Waals surface area (Å²) in [6.07, 6.45) is 0.0445. The van der Waals surface area contributed by atoms with Gasteiger partial charge in [-0.05, 0) is 0 Å². The molecule has 124 valence electrons. The molecule has 1 heterocycles. The third-order valence-corrected chi connectivity index (χ3v) is 6.21. The first-order chi connectivity index (χ1) is 10.9. The Morgan fingerprint density at radius 3 is 2.26 bits per heavy atom. The number of ketones is 1. The molecule has 23 heavy (non-hydrogen) atoms. The monoisotopic (exact) mass is 384 g/mol. The van der Waals surface area contributed by atoms with E-state index in [1.807, 2.05) is 32.0 Å². The number of hydrogen-bond acceptors (Lipinski definition) is 4. The molecular weight excluding hydrogens is 363 g/mol. The van der Waals surface area contributed by atoms with Crippen LogP contribution in [-0.4, -0.2) is 45.6 Å². The van der Waals surface area contributed by atoms with Crippen molar-refractivity contribution in [2.45, 2.75) is 20.3 Å². The van der Waals surface area contributed by atoms with E-state index in [0.29, 0.717) is 15.9 Å². The minimum atomic E-state index is -0.916. The average molecular weight is 383 g/mol. The molecule has 0 amide bonds. The number of Topliss-reactive ketones (excluding diaryl/α,β-unsaturated/α-hetero) is 1. The standard InChI is InChI=1S/C17H20O5Se/c1-9(2)11(17(19)20)7-12(18)16-6-10-5-13(21-3)14(22-4)8-15(10)23-16/h5-6,8-9,11H,7H2,1-4H3,(H,19,20). The number of carboxylic acids is 1. The summed E-state index contributed by atoms with van der Waals surface area (Å²) in [5, 5.41) is 10.2. The van der Waals surface area contributed by atoms with Crippen LogP contribution >= 0.6 is 0 Å². The molecule has 0 aliphatic rings. The number of hydrogen-bond donors (Lipinski definition) is 1. The summed E-state index contributed by atoms with van der Waals surface area (Å²) >= 11 is -0.133. The Kier molecular flexibility index (Phi) is 5.50. The van der Waals surface area contributed by atoms with Crippen molar-refractivity contribution in [3.05, 3.63) is 22.6 Å². The van der Waals surface area contributed by atoms with E-state index in [-0.39, 0.29) is 32.6 Å². The predicted molar refractivity (Wildman–Crippen MR) is 88.9 cm³/mol. The SMILES string of the molecule is COc1cc2cc(C(=O)CC(C(=O)O)C(C)C)[se]c2cc1OC. The summed E-state index contributed by atoms with van der Waals surface area (Å²) in [5.74, 6) is -0.459. The van der Waals surface area contributed by atoms with Crippen LogP contribution in [0.5, 0.6) is 11.5 Å². The fourth-order valence-electron chi connectivity index (χ4n) is 2.41. The molecule has 0 fully saturated rings. The molecule has 0 bridgehead atoms. The van der Waals surface area contributed by atoms with Gasteiger partial charge in [0.2, 0.25) is 0 Å². The number of ether oxygens (including phenoxy) is 2. The van der Waals surface area contributed by atoms with Gasteiger partial charge in [-0.15, -0.1) is 0 Å². The van der Waals surface area contributed by atoms with Gasteiger partial charge in [-0.2, -0.15) is 0 Å². The molecule has 0 aliphatic heterocycles. The molecule has 2 rings (SSSR count). The van der Waals surface area contributed by atoms with Crippen LogP contribution in [-0.2, 0) is 4.79 Å². The second kappa shape index (κ2) is 7.19. The maximum absolute atomic E-state index is 12.5. The van der Waals surface area contributed by atoms with Crippen molar-refractivity contribution in [1.29, 1.82) is 0 Å². The van der Waals surface area contributed by atoms with Gasteiger partial charge in [-0.3, -0.25) is 0 Å². The van der Waals surface area contributed by atoms with Crippen LogP contribution in [0.25, 0.3) is 9.65 Å². The molecule has 0 saturated carbocycles. The average Bonchev–Trinajstić information content (AvgIpc) is 2.92. The Morgan fingerprint density at radius 1 is 1.13 bits per heavy atom. The Balaban J connectivity index is 2.33. The Morgan fingerprint density at radius 2 is 1.74 bits per heavy atom. The third-order valence-electron chi connectivity index (χ3n) is 3.82. The van der Waals surface area contributed by atoms with Crippen LogP contribution in [0.2, 0.25) is 0 Å². The number of benzene rings is 1. The summed E-state index contributed by atoms with van der Waals surface area (Å²) in [7, 11) is 3.14. The topological polar surface area (TPSA) is 72.8 Å². The number of carbonyl (C=O) groups excluding carboxylic acids is 1. The summed E-state index contributed by atoms with van der Waals surface area (Å²) < 4.78 is 12.3. The summed E-state index contributed by atoms with van der Waals surface area (Å²) in [6.45, 7) is 3.65. The molecular formula is C17H20O5Se. The van der Waals surface area contributed by atoms with E-state index in [1.165, 1.54) is 0 Å². The fourth-order valence-corrected chi connectivity index (χ4v) is 4.56. The van der Waals surface area contributed by atoms with Gasteiger partial charge in [0, 0.05) is 0 Å². The van der Waals surface area contributed by atoms with Crippen molar-refractivity contribution in [1.82, 2.24) is 0 Å². The van der Waals surface area contributed by atoms with E-state index < -0.39 is 11.9 Å². The first-order valence-corrected chi connectivity index (χ1v) is 9.00. The maximum atomic E-state index is 12.5. The first-order valence-electron chi connectivity index (χ1n) is 7.29. The van der Waals surface area contributed by atoms with E-state index in [4.69, 9.17) is 9.47 Å². The Labute approximate surface area is 140 Å². The van der Waals surface area contributed by atoms with E-state index in [0.717, 1.165) is 9.65 Å². The van der Waals surface area contributed by atoms with Crippen molar-refractivity contribution in [3.63, 3.8) is 0 Å². The third kappa shape index (κ3) is 3.77. The molecule has 0 saturated heterocycles. The minimum absolute atomic E-state index is 0.0445. The number of fused-ring (bicyclic) bond motifs is 1. The van der Waals surface area contributed by atoms with Gasteiger partial charge in [-0.1, -0.05) is 0 Å². The fraction of sp³-hybridized carbons (Fsp3) is 0.412. The normalized spacial score (nSPS) is 12.4. The van der Waals surface area contributed by atoms with E-state index in [9.17, 15) is 14.7 Å². The molecule has 5 nitrogen and oxygen atoms in total. The van der Waals surface area contributed by atoms with Gasteiger partial charge >= 0.3 is 141 Å². The number of rotatable bonds is 7. The Bertz CT molecular complexity index is 691. The second-order valence-corrected chi connectivity index (χ2v) is 7.95. The molecule has 2 aromatic rings. The van der Waals surface area contributed by atoms with Crippen LogP contribution in [0.4, 0.5) is 0 Å². The molecule has 1 unspecified atom stereocenters. The van der Waals surface area contributed by atoms with Crippen LogP contribution in [0, 0.1) is 11.8 Å².